The van der Waals surface area contributed by atoms with E-state index in [2.05, 4.69) is 5.32 Å². The first-order chi connectivity index (χ1) is 9.09. The van der Waals surface area contributed by atoms with Gasteiger partial charge in [-0.2, -0.15) is 0 Å². The van der Waals surface area contributed by atoms with Crippen LogP contribution in [-0.4, -0.2) is 30.4 Å². The maximum absolute atomic E-state index is 12.4. The summed E-state index contributed by atoms with van der Waals surface area (Å²) in [5.41, 5.74) is 1.11. The Bertz CT molecular complexity index is 426. The van der Waals surface area contributed by atoms with Gasteiger partial charge in [-0.15, -0.1) is 0 Å². The van der Waals surface area contributed by atoms with Crippen LogP contribution < -0.4 is 5.32 Å². The lowest BCUT2D eigenvalue weighted by molar-refractivity contribution is -0.134. The Morgan fingerprint density at radius 2 is 2.05 bits per heavy atom. The molecule has 19 heavy (non-hydrogen) atoms. The highest BCUT2D eigenvalue weighted by Crippen LogP contribution is 2.22. The second-order valence-electron chi connectivity index (χ2n) is 5.18. The van der Waals surface area contributed by atoms with Crippen LogP contribution in [-0.2, 0) is 4.79 Å². The van der Waals surface area contributed by atoms with Crippen molar-refractivity contribution < 1.29 is 4.79 Å². The number of piperidine rings is 1. The van der Waals surface area contributed by atoms with Crippen LogP contribution in [0.1, 0.15) is 37.8 Å². The van der Waals surface area contributed by atoms with Crippen molar-refractivity contribution in [3.8, 4) is 0 Å². The smallest absolute Gasteiger partial charge is 0.239 e. The molecule has 4 heteroatoms. The lowest BCUT2D eigenvalue weighted by Gasteiger charge is -2.31. The maximum atomic E-state index is 12.4. The molecule has 1 N–H and O–H groups in total. The first-order valence-corrected chi connectivity index (χ1v) is 7.23. The fourth-order valence-corrected chi connectivity index (χ4v) is 2.59. The Hall–Kier alpha value is -1.06. The molecule has 3 nitrogen and oxygen atoms in total. The number of carbonyl (C=O) groups excluding carboxylic acids is 1. The van der Waals surface area contributed by atoms with Crippen molar-refractivity contribution in [3.63, 3.8) is 0 Å². The van der Waals surface area contributed by atoms with Crippen molar-refractivity contribution in [1.29, 1.82) is 0 Å². The summed E-state index contributed by atoms with van der Waals surface area (Å²) >= 11 is 5.89. The van der Waals surface area contributed by atoms with Gasteiger partial charge in [0.05, 0.1) is 12.1 Å². The van der Waals surface area contributed by atoms with Crippen LogP contribution in [0, 0.1) is 0 Å². The van der Waals surface area contributed by atoms with Gasteiger partial charge < -0.3 is 10.2 Å². The maximum Gasteiger partial charge on any atom is 0.239 e. The molecule has 0 spiro atoms. The third kappa shape index (κ3) is 3.48. The number of likely N-dealkylation sites (N-methyl/N-ethyl adjacent to an activating group) is 1. The van der Waals surface area contributed by atoms with Gasteiger partial charge in [-0.05, 0) is 44.0 Å². The Morgan fingerprint density at radius 1 is 1.37 bits per heavy atom. The Balaban J connectivity index is 2.03. The van der Waals surface area contributed by atoms with Gasteiger partial charge in [-0.25, -0.2) is 0 Å². The minimum atomic E-state index is -0.0199. The number of carbonyl (C=O) groups is 1. The lowest BCUT2D eigenvalue weighted by atomic mass is 10.0. The molecular weight excluding hydrogens is 260 g/mol. The number of amides is 1. The van der Waals surface area contributed by atoms with E-state index in [9.17, 15) is 4.79 Å². The van der Waals surface area contributed by atoms with Crippen LogP contribution in [0.3, 0.4) is 0 Å². The van der Waals surface area contributed by atoms with E-state index >= 15 is 0 Å². The number of nitrogens with one attached hydrogen (secondary N) is 1. The quantitative estimate of drug-likeness (QED) is 0.923. The molecule has 1 fully saturated rings. The second-order valence-corrected chi connectivity index (χ2v) is 5.62. The average Bonchev–Trinajstić information content (AvgIpc) is 2.46. The second kappa shape index (κ2) is 6.40. The zero-order valence-corrected chi connectivity index (χ0v) is 12.3. The first kappa shape index (κ1) is 14.4. The molecule has 1 aliphatic heterocycles. The minimum absolute atomic E-state index is 0.0199. The van der Waals surface area contributed by atoms with E-state index in [0.29, 0.717) is 0 Å². The van der Waals surface area contributed by atoms with Crippen LogP contribution in [0.2, 0.25) is 5.02 Å². The summed E-state index contributed by atoms with van der Waals surface area (Å²) in [5.74, 6) is 0.183. The predicted octanol–water partition coefficient (Wildman–Crippen LogP) is 3.00. The zero-order chi connectivity index (χ0) is 13.8. The number of rotatable bonds is 3. The highest BCUT2D eigenvalue weighted by atomic mass is 35.5. The monoisotopic (exact) mass is 280 g/mol. The molecule has 104 valence electrons. The number of hydrogen-bond donors (Lipinski definition) is 1. The number of halogens is 1. The fraction of sp³-hybridized carbons (Fsp3) is 0.533. The van der Waals surface area contributed by atoms with Gasteiger partial charge >= 0.3 is 0 Å². The number of benzene rings is 1. The van der Waals surface area contributed by atoms with E-state index in [1.165, 1.54) is 6.42 Å². The molecule has 1 saturated heterocycles. The average molecular weight is 281 g/mol. The fourth-order valence-electron chi connectivity index (χ4n) is 2.46. The van der Waals surface area contributed by atoms with E-state index in [1.54, 1.807) is 0 Å². The summed E-state index contributed by atoms with van der Waals surface area (Å²) in [6.45, 7) is 2.99. The summed E-state index contributed by atoms with van der Waals surface area (Å²) in [5, 5.41) is 4.02. The van der Waals surface area contributed by atoms with E-state index in [4.69, 9.17) is 11.6 Å². The van der Waals surface area contributed by atoms with Gasteiger partial charge in [0, 0.05) is 12.1 Å². The van der Waals surface area contributed by atoms with Gasteiger partial charge in [0.2, 0.25) is 5.91 Å². The first-order valence-electron chi connectivity index (χ1n) is 6.85. The van der Waals surface area contributed by atoms with Gasteiger partial charge in [-0.3, -0.25) is 4.79 Å². The van der Waals surface area contributed by atoms with Crippen LogP contribution in [0.4, 0.5) is 0 Å². The topological polar surface area (TPSA) is 32.3 Å². The molecule has 0 bridgehead atoms. The van der Waals surface area contributed by atoms with E-state index < -0.39 is 0 Å². The third-order valence-electron chi connectivity index (χ3n) is 3.89. The molecule has 1 aliphatic rings. The third-order valence-corrected chi connectivity index (χ3v) is 4.14. The molecule has 1 heterocycles. The summed E-state index contributed by atoms with van der Waals surface area (Å²) < 4.78 is 0. The predicted molar refractivity (Wildman–Crippen MR) is 78.3 cm³/mol. The van der Waals surface area contributed by atoms with Crippen LogP contribution in [0.5, 0.6) is 0 Å². The molecule has 1 unspecified atom stereocenters. The molecule has 1 aromatic rings. The number of hydrogen-bond acceptors (Lipinski definition) is 2. The van der Waals surface area contributed by atoms with Crippen molar-refractivity contribution in [2.75, 3.05) is 13.6 Å². The molecule has 0 aromatic heterocycles. The minimum Gasteiger partial charge on any atom is -0.338 e. The van der Waals surface area contributed by atoms with Crippen LogP contribution in [0.15, 0.2) is 24.3 Å². The Kier molecular flexibility index (Phi) is 4.83. The van der Waals surface area contributed by atoms with Crippen molar-refractivity contribution in [1.82, 2.24) is 10.2 Å². The van der Waals surface area contributed by atoms with Gasteiger partial charge in [-0.1, -0.05) is 30.2 Å². The zero-order valence-electron chi connectivity index (χ0n) is 11.5. The number of nitrogens with zero attached hydrogens (tertiary/aromatic N) is 1. The van der Waals surface area contributed by atoms with Crippen LogP contribution >= 0.6 is 11.6 Å². The summed E-state index contributed by atoms with van der Waals surface area (Å²) in [7, 11) is 1.87. The van der Waals surface area contributed by atoms with Crippen molar-refractivity contribution in [3.05, 3.63) is 34.9 Å². The highest BCUT2D eigenvalue weighted by Gasteiger charge is 2.26. The van der Waals surface area contributed by atoms with Crippen LogP contribution in [0.25, 0.3) is 0 Å². The molecule has 1 amide bonds. The summed E-state index contributed by atoms with van der Waals surface area (Å²) in [6, 6.07) is 7.73. The van der Waals surface area contributed by atoms with Gasteiger partial charge in [0.25, 0.3) is 0 Å². The molecule has 2 atom stereocenters. The molecule has 0 radical (unpaired) electrons. The Labute approximate surface area is 119 Å². The molecular formula is C15H21ClN2O. The van der Waals surface area contributed by atoms with E-state index in [1.807, 2.05) is 43.1 Å². The highest BCUT2D eigenvalue weighted by molar-refractivity contribution is 6.30. The molecule has 1 aromatic carbocycles. The van der Waals surface area contributed by atoms with Gasteiger partial charge in [0.1, 0.15) is 0 Å². The summed E-state index contributed by atoms with van der Waals surface area (Å²) in [4.78, 5) is 14.2. The van der Waals surface area contributed by atoms with Crippen molar-refractivity contribution in [2.24, 2.45) is 0 Å². The van der Waals surface area contributed by atoms with Gasteiger partial charge in [0.15, 0.2) is 0 Å². The SMILES string of the molecule is CC(c1ccc(Cl)cc1)N(C)C(=O)[C@@H]1CCCCN1. The molecule has 0 aliphatic carbocycles. The van der Waals surface area contributed by atoms with Crippen molar-refractivity contribution in [2.45, 2.75) is 38.3 Å². The Morgan fingerprint density at radius 3 is 2.63 bits per heavy atom. The largest absolute Gasteiger partial charge is 0.338 e. The normalized spacial score (nSPS) is 20.9. The van der Waals surface area contributed by atoms with Crippen molar-refractivity contribution >= 4 is 17.5 Å². The summed E-state index contributed by atoms with van der Waals surface area (Å²) in [6.07, 6.45) is 3.24. The van der Waals surface area contributed by atoms with E-state index in [0.717, 1.165) is 30.0 Å². The molecule has 0 saturated carbocycles. The molecule has 2 rings (SSSR count). The standard InChI is InChI=1S/C15H21ClN2O/c1-11(12-6-8-13(16)9-7-12)18(2)15(19)14-5-3-4-10-17-14/h6-9,11,14,17H,3-5,10H2,1-2H3/t11?,14-/m0/s1. The lowest BCUT2D eigenvalue weighted by Crippen LogP contribution is -2.47. The van der Waals surface area contributed by atoms with E-state index in [-0.39, 0.29) is 18.0 Å².